The minimum absolute atomic E-state index is 0.00792. The molecule has 0 spiro atoms. The first-order valence-corrected chi connectivity index (χ1v) is 6.26. The molecule has 0 radical (unpaired) electrons. The summed E-state index contributed by atoms with van der Waals surface area (Å²) in [5.74, 6) is -0.0530. The molecule has 2 aromatic rings. The molecule has 8 heteroatoms. The summed E-state index contributed by atoms with van der Waals surface area (Å²) < 4.78 is 8.76. The normalized spacial score (nSPS) is 12.2. The van der Waals surface area contributed by atoms with Gasteiger partial charge in [0.05, 0.1) is 12.8 Å². The van der Waals surface area contributed by atoms with Crippen molar-refractivity contribution in [1.82, 2.24) is 14.3 Å². The smallest absolute Gasteiger partial charge is 0.322 e. The number of carboxylic acid groups (broad SMARTS) is 1. The van der Waals surface area contributed by atoms with Crippen molar-refractivity contribution in [3.8, 4) is 11.6 Å². The van der Waals surface area contributed by atoms with Crippen LogP contribution in [0.4, 0.5) is 0 Å². The number of allylic oxidation sites excluding steroid dienone is 1. The third-order valence-electron chi connectivity index (χ3n) is 2.66. The van der Waals surface area contributed by atoms with E-state index >= 15 is 0 Å². The second kappa shape index (κ2) is 5.85. The summed E-state index contributed by atoms with van der Waals surface area (Å²) in [4.78, 5) is 10.8. The zero-order chi connectivity index (χ0) is 14.7. The predicted molar refractivity (Wildman–Crippen MR) is 74.6 cm³/mol. The first-order chi connectivity index (χ1) is 9.54. The molecule has 0 aromatic carbocycles. The highest BCUT2D eigenvalue weighted by molar-refractivity contribution is 7.71. The number of carboxylic acids is 1. The molecule has 0 bridgehead atoms. The Morgan fingerprint density at radius 1 is 1.70 bits per heavy atom. The summed E-state index contributed by atoms with van der Waals surface area (Å²) in [6.07, 6.45) is 3.20. The van der Waals surface area contributed by atoms with Gasteiger partial charge < -0.3 is 15.3 Å². The molecule has 7 nitrogen and oxygen atoms in total. The van der Waals surface area contributed by atoms with Gasteiger partial charge in [0.1, 0.15) is 6.04 Å². The van der Waals surface area contributed by atoms with Crippen molar-refractivity contribution in [2.45, 2.75) is 19.1 Å². The van der Waals surface area contributed by atoms with Crippen molar-refractivity contribution in [3.05, 3.63) is 35.8 Å². The number of hydrogen-bond acceptors (Lipinski definition) is 5. The van der Waals surface area contributed by atoms with E-state index in [0.717, 1.165) is 0 Å². The molecule has 0 aliphatic heterocycles. The van der Waals surface area contributed by atoms with E-state index in [1.807, 2.05) is 0 Å². The summed E-state index contributed by atoms with van der Waals surface area (Å²) >= 11 is 5.28. The van der Waals surface area contributed by atoms with Gasteiger partial charge in [-0.15, -0.1) is 11.7 Å². The van der Waals surface area contributed by atoms with Crippen molar-refractivity contribution in [2.75, 3.05) is 0 Å². The van der Waals surface area contributed by atoms with Gasteiger partial charge in [-0.3, -0.25) is 9.36 Å². The summed E-state index contributed by atoms with van der Waals surface area (Å²) in [7, 11) is 0. The standard InChI is InChI=1S/C12H14N4O3S/c1-2-5-15-10(9-4-3-6-19-9)14-16(12(15)20)7-8(13)11(17)18/h2-4,6,8H,1,5,7,13H2,(H,17,18)/t8-/m0/s1. The molecule has 0 amide bonds. The van der Waals surface area contributed by atoms with Crippen molar-refractivity contribution in [3.63, 3.8) is 0 Å². The van der Waals surface area contributed by atoms with Crippen LogP contribution in [0.1, 0.15) is 0 Å². The lowest BCUT2D eigenvalue weighted by molar-refractivity contribution is -0.138. The maximum absolute atomic E-state index is 10.8. The monoisotopic (exact) mass is 294 g/mol. The average Bonchev–Trinajstić information content (AvgIpc) is 3.02. The molecule has 0 fully saturated rings. The Bertz CT molecular complexity index is 671. The summed E-state index contributed by atoms with van der Waals surface area (Å²) in [5, 5.41) is 13.1. The third kappa shape index (κ3) is 2.70. The lowest BCUT2D eigenvalue weighted by Gasteiger charge is -2.05. The second-order valence-corrected chi connectivity index (χ2v) is 4.47. The largest absolute Gasteiger partial charge is 0.480 e. The Balaban J connectivity index is 2.45. The van der Waals surface area contributed by atoms with Crippen LogP contribution in [0.15, 0.2) is 35.5 Å². The van der Waals surface area contributed by atoms with E-state index in [0.29, 0.717) is 22.9 Å². The van der Waals surface area contributed by atoms with Crippen LogP contribution in [0.2, 0.25) is 0 Å². The minimum atomic E-state index is -1.11. The van der Waals surface area contributed by atoms with Crippen LogP contribution < -0.4 is 5.73 Å². The van der Waals surface area contributed by atoms with Gasteiger partial charge in [0.15, 0.2) is 16.4 Å². The van der Waals surface area contributed by atoms with Gasteiger partial charge >= 0.3 is 5.97 Å². The Morgan fingerprint density at radius 2 is 2.45 bits per heavy atom. The second-order valence-electron chi connectivity index (χ2n) is 4.11. The molecule has 0 aliphatic rings. The molecule has 3 N–H and O–H groups in total. The maximum atomic E-state index is 10.8. The van der Waals surface area contributed by atoms with E-state index in [1.165, 1.54) is 10.9 Å². The van der Waals surface area contributed by atoms with Gasteiger partial charge in [0.2, 0.25) is 0 Å². The number of nitrogens with two attached hydrogens (primary N) is 1. The van der Waals surface area contributed by atoms with Crippen LogP contribution in [0.25, 0.3) is 11.6 Å². The van der Waals surface area contributed by atoms with Gasteiger partial charge in [-0.2, -0.15) is 0 Å². The number of nitrogens with zero attached hydrogens (tertiary/aromatic N) is 3. The highest BCUT2D eigenvalue weighted by Crippen LogP contribution is 2.19. The van der Waals surface area contributed by atoms with Crippen LogP contribution >= 0.6 is 12.2 Å². The number of aliphatic carboxylic acids is 1. The lowest BCUT2D eigenvalue weighted by atomic mass is 10.3. The lowest BCUT2D eigenvalue weighted by Crippen LogP contribution is -2.35. The molecule has 106 valence electrons. The summed E-state index contributed by atoms with van der Waals surface area (Å²) in [5.41, 5.74) is 5.51. The molecule has 1 atom stereocenters. The fraction of sp³-hybridized carbons (Fsp3) is 0.250. The number of aromatic nitrogens is 3. The molecule has 0 unspecified atom stereocenters. The summed E-state index contributed by atoms with van der Waals surface area (Å²) in [6, 6.07) is 2.41. The maximum Gasteiger partial charge on any atom is 0.322 e. The van der Waals surface area contributed by atoms with Crippen molar-refractivity contribution in [2.24, 2.45) is 5.73 Å². The third-order valence-corrected chi connectivity index (χ3v) is 3.09. The van der Waals surface area contributed by atoms with Crippen LogP contribution in [-0.2, 0) is 17.9 Å². The van der Waals surface area contributed by atoms with E-state index in [1.54, 1.807) is 22.8 Å². The molecular formula is C12H14N4O3S. The molecular weight excluding hydrogens is 280 g/mol. The number of hydrogen-bond donors (Lipinski definition) is 2. The van der Waals surface area contributed by atoms with Crippen molar-refractivity contribution < 1.29 is 14.3 Å². The topological polar surface area (TPSA) is 99.2 Å². The van der Waals surface area contributed by atoms with Crippen molar-refractivity contribution in [1.29, 1.82) is 0 Å². The highest BCUT2D eigenvalue weighted by atomic mass is 32.1. The van der Waals surface area contributed by atoms with Gasteiger partial charge in [-0.25, -0.2) is 4.68 Å². The van der Waals surface area contributed by atoms with Crippen LogP contribution in [0.3, 0.4) is 0 Å². The number of carbonyl (C=O) groups is 1. The van der Waals surface area contributed by atoms with Gasteiger partial charge in [0, 0.05) is 6.54 Å². The van der Waals surface area contributed by atoms with Crippen LogP contribution in [-0.4, -0.2) is 31.5 Å². The zero-order valence-corrected chi connectivity index (χ0v) is 11.4. The van der Waals surface area contributed by atoms with Gasteiger partial charge in [0.25, 0.3) is 0 Å². The minimum Gasteiger partial charge on any atom is -0.480 e. The molecule has 2 aromatic heterocycles. The van der Waals surface area contributed by atoms with Gasteiger partial charge in [-0.05, 0) is 24.4 Å². The highest BCUT2D eigenvalue weighted by Gasteiger charge is 2.18. The Morgan fingerprint density at radius 3 is 3.00 bits per heavy atom. The Labute approximate surface area is 119 Å². The van der Waals surface area contributed by atoms with E-state index in [2.05, 4.69) is 11.7 Å². The predicted octanol–water partition coefficient (Wildman–Crippen LogP) is 1.27. The number of furan rings is 1. The fourth-order valence-corrected chi connectivity index (χ4v) is 1.98. The first-order valence-electron chi connectivity index (χ1n) is 5.85. The molecule has 0 aliphatic carbocycles. The first kappa shape index (κ1) is 14.2. The van der Waals surface area contributed by atoms with E-state index in [4.69, 9.17) is 27.5 Å². The zero-order valence-electron chi connectivity index (χ0n) is 10.6. The van der Waals surface area contributed by atoms with E-state index in [9.17, 15) is 4.79 Å². The fourth-order valence-electron chi connectivity index (χ4n) is 1.71. The Hall–Kier alpha value is -2.19. The quantitative estimate of drug-likeness (QED) is 0.615. The molecule has 0 saturated heterocycles. The van der Waals surface area contributed by atoms with E-state index in [-0.39, 0.29) is 6.54 Å². The summed E-state index contributed by atoms with van der Waals surface area (Å²) in [6.45, 7) is 4.10. The Kier molecular flexibility index (Phi) is 4.16. The van der Waals surface area contributed by atoms with Crippen LogP contribution in [0, 0.1) is 4.77 Å². The average molecular weight is 294 g/mol. The van der Waals surface area contributed by atoms with Crippen molar-refractivity contribution >= 4 is 18.2 Å². The van der Waals surface area contributed by atoms with Crippen LogP contribution in [0.5, 0.6) is 0 Å². The number of rotatable bonds is 6. The molecule has 2 heterocycles. The molecule has 2 rings (SSSR count). The molecule has 20 heavy (non-hydrogen) atoms. The molecule has 0 saturated carbocycles. The van der Waals surface area contributed by atoms with E-state index < -0.39 is 12.0 Å². The SMILES string of the molecule is C=CCn1c(-c2ccco2)nn(C[C@H](N)C(=O)O)c1=S. The van der Waals surface area contributed by atoms with Gasteiger partial charge in [-0.1, -0.05) is 6.08 Å².